The molecule has 1 atom stereocenters. The number of rotatable bonds is 6. The fourth-order valence-corrected chi connectivity index (χ4v) is 4.70. The number of fused-ring (bicyclic) bond motifs is 1. The van der Waals surface area contributed by atoms with Crippen molar-refractivity contribution < 1.29 is 9.18 Å². The van der Waals surface area contributed by atoms with Gasteiger partial charge in [-0.25, -0.2) is 19.5 Å². The molecule has 0 aliphatic carbocycles. The number of anilines is 1. The van der Waals surface area contributed by atoms with Gasteiger partial charge < -0.3 is 9.80 Å². The maximum atomic E-state index is 14.8. The van der Waals surface area contributed by atoms with Crippen molar-refractivity contribution in [3.05, 3.63) is 93.9 Å². The van der Waals surface area contributed by atoms with Gasteiger partial charge in [0.1, 0.15) is 5.82 Å². The lowest BCUT2D eigenvalue weighted by molar-refractivity contribution is 0.0786. The van der Waals surface area contributed by atoms with Crippen molar-refractivity contribution in [2.45, 2.75) is 25.8 Å². The molecule has 3 heterocycles. The van der Waals surface area contributed by atoms with Crippen LogP contribution >= 0.6 is 0 Å². The number of aromatic nitrogens is 4. The molecule has 0 unspecified atom stereocenters. The van der Waals surface area contributed by atoms with Gasteiger partial charge in [-0.3, -0.25) is 9.59 Å². The molecule has 1 amide bonds. The molecule has 0 saturated carbocycles. The molecule has 35 heavy (non-hydrogen) atoms. The third-order valence-corrected chi connectivity index (χ3v) is 6.45. The summed E-state index contributed by atoms with van der Waals surface area (Å²) in [5.41, 5.74) is 1.18. The Morgan fingerprint density at radius 2 is 1.91 bits per heavy atom. The summed E-state index contributed by atoms with van der Waals surface area (Å²) in [5, 5.41) is 8.00. The van der Waals surface area contributed by atoms with Crippen LogP contribution in [0, 0.1) is 5.82 Å². The number of carbonyl (C=O) groups excluding carboxylic acids is 1. The molecule has 8 nitrogen and oxygen atoms in total. The average Bonchev–Trinajstić information content (AvgIpc) is 3.37. The second-order valence-electron chi connectivity index (χ2n) is 8.56. The Morgan fingerprint density at radius 3 is 2.69 bits per heavy atom. The molecule has 1 fully saturated rings. The number of likely N-dealkylation sites (N-methyl/N-ethyl adjacent to an activating group) is 1. The molecule has 1 aliphatic heterocycles. The van der Waals surface area contributed by atoms with Crippen LogP contribution < -0.4 is 10.5 Å². The Kier molecular flexibility index (Phi) is 6.22. The van der Waals surface area contributed by atoms with Crippen LogP contribution in [-0.2, 0) is 6.42 Å². The van der Waals surface area contributed by atoms with Gasteiger partial charge in [-0.2, -0.15) is 5.10 Å². The highest BCUT2D eigenvalue weighted by atomic mass is 19.1. The molecule has 1 N–H and O–H groups in total. The Labute approximate surface area is 201 Å². The molecule has 1 aliphatic rings. The molecule has 2 aromatic heterocycles. The number of likely N-dealkylation sites (tertiary alicyclic amines) is 1. The number of H-pyrrole nitrogens is 1. The van der Waals surface area contributed by atoms with Gasteiger partial charge >= 0.3 is 0 Å². The first-order chi connectivity index (χ1) is 17.0. The van der Waals surface area contributed by atoms with Gasteiger partial charge in [-0.15, -0.1) is 0 Å². The zero-order chi connectivity index (χ0) is 24.4. The van der Waals surface area contributed by atoms with Gasteiger partial charge in [-0.1, -0.05) is 24.3 Å². The van der Waals surface area contributed by atoms with E-state index in [0.717, 1.165) is 17.4 Å². The average molecular weight is 473 g/mol. The predicted molar refractivity (Wildman–Crippen MR) is 131 cm³/mol. The third-order valence-electron chi connectivity index (χ3n) is 6.45. The summed E-state index contributed by atoms with van der Waals surface area (Å²) < 4.78 is 14.8. The Bertz CT molecular complexity index is 1420. The minimum Gasteiger partial charge on any atom is -0.336 e. The van der Waals surface area contributed by atoms with E-state index < -0.39 is 5.82 Å². The van der Waals surface area contributed by atoms with Gasteiger partial charge in [0.2, 0.25) is 5.95 Å². The van der Waals surface area contributed by atoms with Crippen LogP contribution in [-0.4, -0.2) is 56.6 Å². The zero-order valence-electron chi connectivity index (χ0n) is 19.3. The second-order valence-corrected chi connectivity index (χ2v) is 8.56. The Hall–Kier alpha value is -4.14. The molecular formula is C26H25FN6O2. The molecule has 9 heteroatoms. The normalized spacial score (nSPS) is 15.5. The van der Waals surface area contributed by atoms with Crippen molar-refractivity contribution in [1.29, 1.82) is 0 Å². The largest absolute Gasteiger partial charge is 0.336 e. The summed E-state index contributed by atoms with van der Waals surface area (Å²) in [5.74, 6) is -0.264. The SMILES string of the molecule is CCN(c1ncccn1)[C@@H]1CCN(C(=O)c2cc(Cc3n[nH]c(=O)c4ccccc34)ccc2F)C1. The van der Waals surface area contributed by atoms with E-state index in [9.17, 15) is 14.0 Å². The fraction of sp³-hybridized carbons (Fsp3) is 0.269. The van der Waals surface area contributed by atoms with E-state index in [2.05, 4.69) is 25.1 Å². The maximum absolute atomic E-state index is 14.8. The van der Waals surface area contributed by atoms with E-state index in [1.807, 2.05) is 19.1 Å². The van der Waals surface area contributed by atoms with E-state index >= 15 is 0 Å². The summed E-state index contributed by atoms with van der Waals surface area (Å²) in [6.07, 6.45) is 4.51. The first-order valence-corrected chi connectivity index (χ1v) is 11.6. The van der Waals surface area contributed by atoms with Crippen molar-refractivity contribution in [1.82, 2.24) is 25.1 Å². The number of nitrogens with zero attached hydrogens (tertiary/aromatic N) is 5. The minimum absolute atomic E-state index is 0.0379. The number of halogens is 1. The van der Waals surface area contributed by atoms with E-state index in [4.69, 9.17) is 0 Å². The first kappa shape index (κ1) is 22.6. The van der Waals surface area contributed by atoms with Crippen molar-refractivity contribution in [3.8, 4) is 0 Å². The molecule has 1 saturated heterocycles. The van der Waals surface area contributed by atoms with Crippen LogP contribution in [0.25, 0.3) is 10.8 Å². The number of benzene rings is 2. The number of carbonyl (C=O) groups is 1. The number of aromatic amines is 1. The van der Waals surface area contributed by atoms with Crippen molar-refractivity contribution in [2.24, 2.45) is 0 Å². The number of hydrogen-bond donors (Lipinski definition) is 1. The summed E-state index contributed by atoms with van der Waals surface area (Å²) in [6.45, 7) is 3.74. The molecule has 0 radical (unpaired) electrons. The van der Waals surface area contributed by atoms with Gasteiger partial charge in [0.05, 0.1) is 22.7 Å². The summed E-state index contributed by atoms with van der Waals surface area (Å²) in [4.78, 5) is 37.8. The topological polar surface area (TPSA) is 95.1 Å². The zero-order valence-corrected chi connectivity index (χ0v) is 19.3. The lowest BCUT2D eigenvalue weighted by Gasteiger charge is -2.27. The summed E-state index contributed by atoms with van der Waals surface area (Å²) in [7, 11) is 0. The lowest BCUT2D eigenvalue weighted by atomic mass is 10.0. The first-order valence-electron chi connectivity index (χ1n) is 11.6. The molecule has 5 rings (SSSR count). The monoisotopic (exact) mass is 472 g/mol. The highest BCUT2D eigenvalue weighted by Gasteiger charge is 2.32. The standard InChI is InChI=1S/C26H25FN6O2/c1-2-33(26-28-11-5-12-29-26)18-10-13-32(16-18)25(35)21-14-17(8-9-22(21)27)15-23-19-6-3-4-7-20(19)24(34)31-30-23/h3-9,11-12,14,18H,2,10,13,15-16H2,1H3,(H,31,34)/t18-/m1/s1. The molecule has 4 aromatic rings. The van der Waals surface area contributed by atoms with E-state index in [1.165, 1.54) is 6.07 Å². The Balaban J connectivity index is 1.36. The maximum Gasteiger partial charge on any atom is 0.272 e. The van der Waals surface area contributed by atoms with Crippen LogP contribution in [0.5, 0.6) is 0 Å². The smallest absolute Gasteiger partial charge is 0.272 e. The van der Waals surface area contributed by atoms with Crippen molar-refractivity contribution in [3.63, 3.8) is 0 Å². The van der Waals surface area contributed by atoms with Crippen LogP contribution in [0.2, 0.25) is 0 Å². The van der Waals surface area contributed by atoms with E-state index in [-0.39, 0.29) is 23.1 Å². The molecule has 0 bridgehead atoms. The van der Waals surface area contributed by atoms with Crippen LogP contribution in [0.1, 0.15) is 35.0 Å². The summed E-state index contributed by atoms with van der Waals surface area (Å²) >= 11 is 0. The second kappa shape index (κ2) is 9.61. The lowest BCUT2D eigenvalue weighted by Crippen LogP contribution is -2.40. The fourth-order valence-electron chi connectivity index (χ4n) is 4.70. The minimum atomic E-state index is -0.555. The predicted octanol–water partition coefficient (Wildman–Crippen LogP) is 3.18. The quantitative estimate of drug-likeness (QED) is 0.463. The molecule has 2 aromatic carbocycles. The Morgan fingerprint density at radius 1 is 1.14 bits per heavy atom. The van der Waals surface area contributed by atoms with Gasteiger partial charge in [0, 0.05) is 43.8 Å². The van der Waals surface area contributed by atoms with Gasteiger partial charge in [0.25, 0.3) is 11.5 Å². The highest BCUT2D eigenvalue weighted by molar-refractivity contribution is 5.95. The number of amides is 1. The van der Waals surface area contributed by atoms with E-state index in [1.54, 1.807) is 47.6 Å². The number of hydrogen-bond acceptors (Lipinski definition) is 6. The molecule has 178 valence electrons. The van der Waals surface area contributed by atoms with Crippen molar-refractivity contribution >= 4 is 22.6 Å². The van der Waals surface area contributed by atoms with Crippen LogP contribution in [0.15, 0.2) is 65.7 Å². The van der Waals surface area contributed by atoms with Gasteiger partial charge in [0.15, 0.2) is 0 Å². The summed E-state index contributed by atoms with van der Waals surface area (Å²) in [6, 6.07) is 13.6. The van der Waals surface area contributed by atoms with E-state index in [0.29, 0.717) is 43.1 Å². The van der Waals surface area contributed by atoms with Gasteiger partial charge in [-0.05, 0) is 43.2 Å². The van der Waals surface area contributed by atoms with Crippen LogP contribution in [0.3, 0.4) is 0 Å². The number of nitrogens with one attached hydrogen (secondary N) is 1. The molecular weight excluding hydrogens is 447 g/mol. The highest BCUT2D eigenvalue weighted by Crippen LogP contribution is 2.24. The third kappa shape index (κ3) is 4.49. The van der Waals surface area contributed by atoms with Crippen LogP contribution in [0.4, 0.5) is 10.3 Å². The van der Waals surface area contributed by atoms with Crippen molar-refractivity contribution in [2.75, 3.05) is 24.5 Å². The molecule has 0 spiro atoms.